The molecule has 128 valence electrons. The van der Waals surface area contributed by atoms with Crippen molar-refractivity contribution in [3.63, 3.8) is 0 Å². The highest BCUT2D eigenvalue weighted by atomic mass is 35.5. The zero-order valence-corrected chi connectivity index (χ0v) is 13.9. The smallest absolute Gasteiger partial charge is 0.0991 e. The standard InChI is InChI=1S/C18H21ClN2O3/c19-13-6-7-14(20-9-13)10-21-15(8-12-4-2-1-3-5-12)17(23)18(24)16(21)11-22/h1-7,9,15-18,22-24H,8,10-11H2/t15-,16+,17-,18+/m0/s1. The molecule has 2 heterocycles. The van der Waals surface area contributed by atoms with Crippen LogP contribution in [0.5, 0.6) is 0 Å². The Hall–Kier alpha value is -1.50. The number of aliphatic hydroxyl groups is 3. The predicted octanol–water partition coefficient (Wildman–Crippen LogP) is 1.24. The molecule has 24 heavy (non-hydrogen) atoms. The van der Waals surface area contributed by atoms with Gasteiger partial charge in [0.1, 0.15) is 0 Å². The number of aromatic nitrogens is 1. The molecule has 3 N–H and O–H groups in total. The fourth-order valence-corrected chi connectivity index (χ4v) is 3.43. The normalized spacial score (nSPS) is 27.5. The van der Waals surface area contributed by atoms with E-state index in [0.717, 1.165) is 11.3 Å². The Labute approximate surface area is 146 Å². The molecule has 6 heteroatoms. The summed E-state index contributed by atoms with van der Waals surface area (Å²) in [5, 5.41) is 31.0. The molecule has 5 nitrogen and oxygen atoms in total. The summed E-state index contributed by atoms with van der Waals surface area (Å²) in [4.78, 5) is 6.21. The van der Waals surface area contributed by atoms with Crippen LogP contribution < -0.4 is 0 Å². The molecule has 0 unspecified atom stereocenters. The van der Waals surface area contributed by atoms with E-state index < -0.39 is 18.2 Å². The zero-order valence-electron chi connectivity index (χ0n) is 13.2. The van der Waals surface area contributed by atoms with Gasteiger partial charge in [-0.2, -0.15) is 0 Å². The monoisotopic (exact) mass is 348 g/mol. The first-order valence-electron chi connectivity index (χ1n) is 7.97. The van der Waals surface area contributed by atoms with Crippen LogP contribution in [0.2, 0.25) is 5.02 Å². The van der Waals surface area contributed by atoms with Crippen molar-refractivity contribution in [2.24, 2.45) is 0 Å². The summed E-state index contributed by atoms with van der Waals surface area (Å²) in [6.45, 7) is 0.200. The molecule has 4 atom stereocenters. The fraction of sp³-hybridized carbons (Fsp3) is 0.389. The van der Waals surface area contributed by atoms with Gasteiger partial charge in [0.15, 0.2) is 0 Å². The number of hydrogen-bond acceptors (Lipinski definition) is 5. The van der Waals surface area contributed by atoms with Crippen molar-refractivity contribution in [3.8, 4) is 0 Å². The van der Waals surface area contributed by atoms with Gasteiger partial charge in [-0.05, 0) is 24.1 Å². The van der Waals surface area contributed by atoms with Crippen molar-refractivity contribution in [3.05, 3.63) is 64.9 Å². The average molecular weight is 349 g/mol. The lowest BCUT2D eigenvalue weighted by Gasteiger charge is -2.29. The maximum atomic E-state index is 10.5. The van der Waals surface area contributed by atoms with Gasteiger partial charge in [0.05, 0.1) is 35.6 Å². The molecule has 0 radical (unpaired) electrons. The second-order valence-electron chi connectivity index (χ2n) is 6.13. The Bertz CT molecular complexity index is 653. The van der Waals surface area contributed by atoms with Crippen LogP contribution >= 0.6 is 11.6 Å². The topological polar surface area (TPSA) is 76.8 Å². The second kappa shape index (κ2) is 7.59. The number of aliphatic hydroxyl groups excluding tert-OH is 3. The van der Waals surface area contributed by atoms with Crippen LogP contribution in [0, 0.1) is 0 Å². The lowest BCUT2D eigenvalue weighted by molar-refractivity contribution is 0.0178. The molecule has 3 rings (SSSR count). The Morgan fingerprint density at radius 1 is 1.00 bits per heavy atom. The number of rotatable bonds is 5. The summed E-state index contributed by atoms with van der Waals surface area (Å²) in [6, 6.07) is 12.6. The molecular weight excluding hydrogens is 328 g/mol. The van der Waals surface area contributed by atoms with Gasteiger partial charge in [0.2, 0.25) is 0 Å². The van der Waals surface area contributed by atoms with Gasteiger partial charge in [-0.25, -0.2) is 0 Å². The van der Waals surface area contributed by atoms with Crippen LogP contribution in [-0.4, -0.2) is 56.1 Å². The molecule has 0 spiro atoms. The minimum Gasteiger partial charge on any atom is -0.395 e. The molecule has 1 aromatic carbocycles. The first kappa shape index (κ1) is 17.3. The molecule has 0 bridgehead atoms. The average Bonchev–Trinajstić information content (AvgIpc) is 2.82. The maximum absolute atomic E-state index is 10.5. The number of pyridine rings is 1. The van der Waals surface area contributed by atoms with Crippen molar-refractivity contribution in [2.75, 3.05) is 6.61 Å². The molecule has 1 saturated heterocycles. The van der Waals surface area contributed by atoms with Crippen LogP contribution in [0.1, 0.15) is 11.3 Å². The van der Waals surface area contributed by atoms with E-state index in [-0.39, 0.29) is 12.6 Å². The van der Waals surface area contributed by atoms with E-state index in [9.17, 15) is 15.3 Å². The number of halogens is 1. The van der Waals surface area contributed by atoms with Crippen molar-refractivity contribution in [1.29, 1.82) is 0 Å². The van der Waals surface area contributed by atoms with E-state index in [2.05, 4.69) is 4.98 Å². The first-order valence-corrected chi connectivity index (χ1v) is 8.35. The Kier molecular flexibility index (Phi) is 5.48. The summed E-state index contributed by atoms with van der Waals surface area (Å²) in [7, 11) is 0. The second-order valence-corrected chi connectivity index (χ2v) is 6.56. The molecule has 1 aliphatic rings. The highest BCUT2D eigenvalue weighted by Gasteiger charge is 2.47. The SMILES string of the molecule is OC[C@@H]1[C@@H](O)[C@@H](O)[C@H](Cc2ccccc2)N1Cc1ccc(Cl)cn1. The third-order valence-corrected chi connectivity index (χ3v) is 4.82. The summed E-state index contributed by atoms with van der Waals surface area (Å²) < 4.78 is 0. The molecule has 1 aliphatic heterocycles. The molecule has 0 amide bonds. The lowest BCUT2D eigenvalue weighted by Crippen LogP contribution is -2.42. The molecule has 0 aliphatic carbocycles. The molecule has 1 fully saturated rings. The number of hydrogen-bond donors (Lipinski definition) is 3. The Morgan fingerprint density at radius 2 is 1.71 bits per heavy atom. The van der Waals surface area contributed by atoms with Crippen molar-refractivity contribution < 1.29 is 15.3 Å². The van der Waals surface area contributed by atoms with Crippen LogP contribution in [0.15, 0.2) is 48.7 Å². The largest absolute Gasteiger partial charge is 0.395 e. The van der Waals surface area contributed by atoms with Gasteiger partial charge in [0.25, 0.3) is 0 Å². The quantitative estimate of drug-likeness (QED) is 0.758. The van der Waals surface area contributed by atoms with E-state index in [4.69, 9.17) is 11.6 Å². The van der Waals surface area contributed by atoms with E-state index in [1.807, 2.05) is 41.3 Å². The van der Waals surface area contributed by atoms with Crippen LogP contribution in [0.3, 0.4) is 0 Å². The minimum atomic E-state index is -0.990. The third kappa shape index (κ3) is 3.61. The highest BCUT2D eigenvalue weighted by Crippen LogP contribution is 2.29. The lowest BCUT2D eigenvalue weighted by atomic mass is 10.0. The first-order chi connectivity index (χ1) is 11.6. The number of likely N-dealkylation sites (tertiary alicyclic amines) is 1. The minimum absolute atomic E-state index is 0.225. The molecular formula is C18H21ClN2O3. The predicted molar refractivity (Wildman–Crippen MR) is 91.6 cm³/mol. The van der Waals surface area contributed by atoms with E-state index in [0.29, 0.717) is 18.0 Å². The van der Waals surface area contributed by atoms with Crippen molar-refractivity contribution >= 4 is 11.6 Å². The summed E-state index contributed by atoms with van der Waals surface area (Å²) in [5.41, 5.74) is 1.85. The zero-order chi connectivity index (χ0) is 17.1. The fourth-order valence-electron chi connectivity index (χ4n) is 3.32. The molecule has 0 saturated carbocycles. The number of benzene rings is 1. The van der Waals surface area contributed by atoms with Gasteiger partial charge in [0, 0.05) is 18.8 Å². The Morgan fingerprint density at radius 3 is 2.33 bits per heavy atom. The van der Waals surface area contributed by atoms with E-state index in [1.165, 1.54) is 0 Å². The van der Waals surface area contributed by atoms with Crippen molar-refractivity contribution in [2.45, 2.75) is 37.3 Å². The van der Waals surface area contributed by atoms with Crippen molar-refractivity contribution in [1.82, 2.24) is 9.88 Å². The summed E-state index contributed by atoms with van der Waals surface area (Å²) >= 11 is 5.87. The van der Waals surface area contributed by atoms with Gasteiger partial charge < -0.3 is 15.3 Å². The Balaban J connectivity index is 1.84. The van der Waals surface area contributed by atoms with Gasteiger partial charge in [-0.15, -0.1) is 0 Å². The van der Waals surface area contributed by atoms with Crippen LogP contribution in [0.25, 0.3) is 0 Å². The summed E-state index contributed by atoms with van der Waals surface area (Å²) in [5.74, 6) is 0. The van der Waals surface area contributed by atoms with Gasteiger partial charge >= 0.3 is 0 Å². The van der Waals surface area contributed by atoms with Gasteiger partial charge in [-0.3, -0.25) is 9.88 Å². The van der Waals surface area contributed by atoms with E-state index >= 15 is 0 Å². The van der Waals surface area contributed by atoms with Crippen LogP contribution in [-0.2, 0) is 13.0 Å². The summed E-state index contributed by atoms with van der Waals surface area (Å²) in [6.07, 6.45) is 0.244. The van der Waals surface area contributed by atoms with E-state index in [1.54, 1.807) is 12.3 Å². The number of nitrogens with zero attached hydrogens (tertiary/aromatic N) is 2. The molecule has 1 aromatic heterocycles. The maximum Gasteiger partial charge on any atom is 0.0991 e. The van der Waals surface area contributed by atoms with Gasteiger partial charge in [-0.1, -0.05) is 41.9 Å². The highest BCUT2D eigenvalue weighted by molar-refractivity contribution is 6.30. The van der Waals surface area contributed by atoms with Crippen LogP contribution in [0.4, 0.5) is 0 Å². The third-order valence-electron chi connectivity index (χ3n) is 4.60. The molecule has 2 aromatic rings.